The molecule has 0 bridgehead atoms. The Bertz CT molecular complexity index is 304. The molecule has 0 aromatic heterocycles. The molecule has 82 valence electrons. The van der Waals surface area contributed by atoms with E-state index in [-0.39, 0.29) is 11.9 Å². The van der Waals surface area contributed by atoms with Gasteiger partial charge in [-0.3, -0.25) is 4.90 Å². The van der Waals surface area contributed by atoms with Gasteiger partial charge in [0.1, 0.15) is 5.82 Å². The van der Waals surface area contributed by atoms with Crippen LogP contribution in [0, 0.1) is 5.82 Å². The normalized spacial score (nSPS) is 19.3. The van der Waals surface area contributed by atoms with E-state index < -0.39 is 0 Å². The van der Waals surface area contributed by atoms with Crippen molar-refractivity contribution in [2.45, 2.75) is 25.5 Å². The summed E-state index contributed by atoms with van der Waals surface area (Å²) in [5.74, 6) is -0.187. The minimum Gasteiger partial charge on any atom is -0.393 e. The quantitative estimate of drug-likeness (QED) is 0.802. The number of aliphatic hydroxyl groups is 1. The summed E-state index contributed by atoms with van der Waals surface area (Å²) in [6, 6.07) is 6.63. The van der Waals surface area contributed by atoms with Gasteiger partial charge >= 0.3 is 0 Å². The fourth-order valence-electron chi connectivity index (χ4n) is 1.93. The Labute approximate surface area is 89.3 Å². The predicted octanol–water partition coefficient (Wildman–Crippen LogP) is 1.78. The minimum atomic E-state index is -0.187. The Balaban J connectivity index is 1.89. The summed E-state index contributed by atoms with van der Waals surface area (Å²) in [6.45, 7) is 2.71. The van der Waals surface area contributed by atoms with Crippen LogP contribution in [0.4, 0.5) is 4.39 Å². The van der Waals surface area contributed by atoms with Crippen LogP contribution in [0.15, 0.2) is 24.3 Å². The Hall–Kier alpha value is -0.930. The first-order chi connectivity index (χ1) is 7.24. The van der Waals surface area contributed by atoms with Gasteiger partial charge in [0.15, 0.2) is 0 Å². The van der Waals surface area contributed by atoms with Crippen molar-refractivity contribution in [2.24, 2.45) is 0 Å². The van der Waals surface area contributed by atoms with Gasteiger partial charge in [0.2, 0.25) is 0 Å². The second-order valence-corrected chi connectivity index (χ2v) is 4.13. The van der Waals surface area contributed by atoms with Crippen molar-refractivity contribution in [2.75, 3.05) is 13.1 Å². The zero-order valence-corrected chi connectivity index (χ0v) is 8.69. The first-order valence-electron chi connectivity index (χ1n) is 5.39. The molecular formula is C12H16FNO. The first kappa shape index (κ1) is 10.6. The van der Waals surface area contributed by atoms with Crippen LogP contribution in [-0.2, 0) is 6.54 Å². The molecule has 0 spiro atoms. The van der Waals surface area contributed by atoms with Gasteiger partial charge in [-0.05, 0) is 30.5 Å². The molecule has 1 N–H and O–H groups in total. The number of nitrogens with zero attached hydrogens (tertiary/aromatic N) is 1. The summed E-state index contributed by atoms with van der Waals surface area (Å²) >= 11 is 0. The van der Waals surface area contributed by atoms with E-state index >= 15 is 0 Å². The van der Waals surface area contributed by atoms with Crippen LogP contribution < -0.4 is 0 Å². The van der Waals surface area contributed by atoms with Gasteiger partial charge in [0.05, 0.1) is 6.10 Å². The zero-order valence-electron chi connectivity index (χ0n) is 8.69. The molecule has 0 atom stereocenters. The highest BCUT2D eigenvalue weighted by molar-refractivity contribution is 5.15. The molecule has 2 nitrogen and oxygen atoms in total. The van der Waals surface area contributed by atoms with E-state index in [1.165, 1.54) is 12.1 Å². The van der Waals surface area contributed by atoms with Gasteiger partial charge in [-0.25, -0.2) is 4.39 Å². The van der Waals surface area contributed by atoms with Crippen molar-refractivity contribution >= 4 is 0 Å². The third kappa shape index (κ3) is 3.01. The van der Waals surface area contributed by atoms with Gasteiger partial charge in [0.25, 0.3) is 0 Å². The van der Waals surface area contributed by atoms with Crippen LogP contribution in [0.2, 0.25) is 0 Å². The molecule has 1 fully saturated rings. The number of halogens is 1. The molecule has 0 saturated carbocycles. The van der Waals surface area contributed by atoms with E-state index in [1.807, 2.05) is 12.1 Å². The number of aliphatic hydroxyl groups excluding tert-OH is 1. The van der Waals surface area contributed by atoms with Crippen LogP contribution in [0.3, 0.4) is 0 Å². The number of benzene rings is 1. The monoisotopic (exact) mass is 209 g/mol. The predicted molar refractivity (Wildman–Crippen MR) is 56.9 cm³/mol. The Kier molecular flexibility index (Phi) is 3.34. The van der Waals surface area contributed by atoms with Crippen molar-refractivity contribution in [1.29, 1.82) is 0 Å². The fourth-order valence-corrected chi connectivity index (χ4v) is 1.93. The molecule has 15 heavy (non-hydrogen) atoms. The minimum absolute atomic E-state index is 0.130. The van der Waals surface area contributed by atoms with Crippen molar-refractivity contribution in [1.82, 2.24) is 4.90 Å². The molecule has 1 aromatic carbocycles. The number of rotatable bonds is 2. The summed E-state index contributed by atoms with van der Waals surface area (Å²) in [5.41, 5.74) is 1.13. The summed E-state index contributed by atoms with van der Waals surface area (Å²) in [6.07, 6.45) is 1.57. The molecule has 0 radical (unpaired) electrons. The molecule has 1 aliphatic heterocycles. The van der Waals surface area contributed by atoms with E-state index in [9.17, 15) is 9.50 Å². The Morgan fingerprint density at radius 2 is 1.80 bits per heavy atom. The highest BCUT2D eigenvalue weighted by Crippen LogP contribution is 2.13. The lowest BCUT2D eigenvalue weighted by Crippen LogP contribution is -2.35. The number of hydrogen-bond donors (Lipinski definition) is 1. The molecule has 0 amide bonds. The fraction of sp³-hybridized carbons (Fsp3) is 0.500. The Morgan fingerprint density at radius 3 is 2.40 bits per heavy atom. The van der Waals surface area contributed by atoms with Gasteiger partial charge < -0.3 is 5.11 Å². The molecule has 1 saturated heterocycles. The van der Waals surface area contributed by atoms with Crippen molar-refractivity contribution in [3.8, 4) is 0 Å². The van der Waals surface area contributed by atoms with E-state index in [2.05, 4.69) is 4.90 Å². The second kappa shape index (κ2) is 4.73. The molecule has 0 unspecified atom stereocenters. The second-order valence-electron chi connectivity index (χ2n) is 4.13. The maximum absolute atomic E-state index is 12.7. The van der Waals surface area contributed by atoms with Crippen molar-refractivity contribution in [3.63, 3.8) is 0 Å². The maximum atomic E-state index is 12.7. The van der Waals surface area contributed by atoms with E-state index in [0.29, 0.717) is 0 Å². The molecule has 2 rings (SSSR count). The zero-order chi connectivity index (χ0) is 10.7. The van der Waals surface area contributed by atoms with Crippen LogP contribution >= 0.6 is 0 Å². The van der Waals surface area contributed by atoms with E-state index in [1.54, 1.807) is 0 Å². The highest BCUT2D eigenvalue weighted by atomic mass is 19.1. The molecule has 3 heteroatoms. The number of hydrogen-bond acceptors (Lipinski definition) is 2. The molecule has 1 aromatic rings. The summed E-state index contributed by atoms with van der Waals surface area (Å²) in [5, 5.41) is 9.35. The van der Waals surface area contributed by atoms with Gasteiger partial charge in [0, 0.05) is 19.6 Å². The van der Waals surface area contributed by atoms with E-state index in [0.717, 1.165) is 38.0 Å². The first-order valence-corrected chi connectivity index (χ1v) is 5.39. The lowest BCUT2D eigenvalue weighted by molar-refractivity contribution is 0.0792. The molecule has 1 heterocycles. The van der Waals surface area contributed by atoms with Gasteiger partial charge in [-0.1, -0.05) is 12.1 Å². The lowest BCUT2D eigenvalue weighted by Gasteiger charge is -2.29. The lowest BCUT2D eigenvalue weighted by atomic mass is 10.1. The molecule has 0 aliphatic carbocycles. The smallest absolute Gasteiger partial charge is 0.123 e. The van der Waals surface area contributed by atoms with Crippen molar-refractivity contribution < 1.29 is 9.50 Å². The molecule has 1 aliphatic rings. The van der Waals surface area contributed by atoms with Crippen molar-refractivity contribution in [3.05, 3.63) is 35.6 Å². The largest absolute Gasteiger partial charge is 0.393 e. The SMILES string of the molecule is OC1CCN(Cc2ccc(F)cc2)CC1. The van der Waals surface area contributed by atoms with Crippen LogP contribution in [0.5, 0.6) is 0 Å². The standard InChI is InChI=1S/C12H16FNO/c13-11-3-1-10(2-4-11)9-14-7-5-12(15)6-8-14/h1-4,12,15H,5-9H2. The highest BCUT2D eigenvalue weighted by Gasteiger charge is 2.16. The van der Waals surface area contributed by atoms with Gasteiger partial charge in [-0.15, -0.1) is 0 Å². The third-order valence-corrected chi connectivity index (χ3v) is 2.88. The van der Waals surface area contributed by atoms with Crippen LogP contribution in [0.25, 0.3) is 0 Å². The number of likely N-dealkylation sites (tertiary alicyclic amines) is 1. The van der Waals surface area contributed by atoms with Gasteiger partial charge in [-0.2, -0.15) is 0 Å². The molecular weight excluding hydrogens is 193 g/mol. The third-order valence-electron chi connectivity index (χ3n) is 2.88. The average Bonchev–Trinajstić information content (AvgIpc) is 2.25. The van der Waals surface area contributed by atoms with E-state index in [4.69, 9.17) is 0 Å². The number of piperidine rings is 1. The Morgan fingerprint density at radius 1 is 1.20 bits per heavy atom. The topological polar surface area (TPSA) is 23.5 Å². The van der Waals surface area contributed by atoms with Crippen LogP contribution in [-0.4, -0.2) is 29.2 Å². The summed E-state index contributed by atoms with van der Waals surface area (Å²) < 4.78 is 12.7. The average molecular weight is 209 g/mol. The summed E-state index contributed by atoms with van der Waals surface area (Å²) in [7, 11) is 0. The summed E-state index contributed by atoms with van der Waals surface area (Å²) in [4.78, 5) is 2.29. The van der Waals surface area contributed by atoms with Crippen LogP contribution in [0.1, 0.15) is 18.4 Å². The maximum Gasteiger partial charge on any atom is 0.123 e.